The Balaban J connectivity index is 1.72. The van der Waals surface area contributed by atoms with E-state index in [1.54, 1.807) is 0 Å². The standard InChI is InChI=1S/C18H33NO/c1-17(2)9-5-15(13-19)16(12-17)14-6-10-20-18(11-14)7-3-4-8-18/h14-16H,3-13,19H2,1-2H3. The third-order valence-corrected chi connectivity index (χ3v) is 6.54. The van der Waals surface area contributed by atoms with Crippen LogP contribution < -0.4 is 5.73 Å². The van der Waals surface area contributed by atoms with E-state index in [1.807, 2.05) is 0 Å². The fourth-order valence-electron chi connectivity index (χ4n) is 5.34. The van der Waals surface area contributed by atoms with Gasteiger partial charge in [0.15, 0.2) is 0 Å². The van der Waals surface area contributed by atoms with E-state index in [1.165, 1.54) is 57.8 Å². The van der Waals surface area contributed by atoms with Crippen LogP contribution in [0.3, 0.4) is 0 Å². The van der Waals surface area contributed by atoms with Crippen LogP contribution in [0.2, 0.25) is 0 Å². The number of hydrogen-bond acceptors (Lipinski definition) is 2. The summed E-state index contributed by atoms with van der Waals surface area (Å²) in [4.78, 5) is 0. The Bertz CT molecular complexity index is 332. The van der Waals surface area contributed by atoms with E-state index in [2.05, 4.69) is 13.8 Å². The minimum absolute atomic E-state index is 0.268. The third-order valence-electron chi connectivity index (χ3n) is 6.54. The molecule has 2 nitrogen and oxygen atoms in total. The molecule has 3 unspecified atom stereocenters. The maximum atomic E-state index is 6.24. The van der Waals surface area contributed by atoms with Crippen LogP contribution in [0.15, 0.2) is 0 Å². The van der Waals surface area contributed by atoms with E-state index >= 15 is 0 Å². The smallest absolute Gasteiger partial charge is 0.0685 e. The highest BCUT2D eigenvalue weighted by atomic mass is 16.5. The lowest BCUT2D eigenvalue weighted by Crippen LogP contribution is -2.44. The first-order valence-electron chi connectivity index (χ1n) is 8.88. The van der Waals surface area contributed by atoms with Gasteiger partial charge in [0.25, 0.3) is 0 Å². The summed E-state index contributed by atoms with van der Waals surface area (Å²) in [7, 11) is 0. The van der Waals surface area contributed by atoms with Gasteiger partial charge in [-0.1, -0.05) is 26.7 Å². The summed E-state index contributed by atoms with van der Waals surface area (Å²) in [5.74, 6) is 2.49. The maximum Gasteiger partial charge on any atom is 0.0685 e. The SMILES string of the molecule is CC1(C)CCC(CN)C(C2CCOC3(CCCC3)C2)C1. The number of ether oxygens (including phenoxy) is 1. The molecule has 0 aromatic carbocycles. The molecule has 1 saturated heterocycles. The monoisotopic (exact) mass is 279 g/mol. The summed E-state index contributed by atoms with van der Waals surface area (Å²) in [6.45, 7) is 6.80. The molecule has 3 aliphatic rings. The lowest BCUT2D eigenvalue weighted by atomic mass is 9.61. The fourth-order valence-corrected chi connectivity index (χ4v) is 5.34. The number of rotatable bonds is 2. The van der Waals surface area contributed by atoms with Crippen LogP contribution in [0, 0.1) is 23.2 Å². The van der Waals surface area contributed by atoms with Crippen LogP contribution in [-0.4, -0.2) is 18.8 Å². The molecule has 3 rings (SSSR count). The minimum atomic E-state index is 0.268. The van der Waals surface area contributed by atoms with Gasteiger partial charge < -0.3 is 10.5 Å². The van der Waals surface area contributed by atoms with Crippen LogP contribution in [0.1, 0.15) is 71.6 Å². The molecule has 0 radical (unpaired) electrons. The Kier molecular flexibility index (Phi) is 4.16. The van der Waals surface area contributed by atoms with Crippen molar-refractivity contribution in [1.82, 2.24) is 0 Å². The Morgan fingerprint density at radius 2 is 1.80 bits per heavy atom. The summed E-state index contributed by atoms with van der Waals surface area (Å²) >= 11 is 0. The summed E-state index contributed by atoms with van der Waals surface area (Å²) in [5.41, 5.74) is 6.90. The van der Waals surface area contributed by atoms with Gasteiger partial charge in [0.1, 0.15) is 0 Å². The van der Waals surface area contributed by atoms with Crippen molar-refractivity contribution in [1.29, 1.82) is 0 Å². The predicted octanol–water partition coefficient (Wildman–Crippen LogP) is 4.13. The largest absolute Gasteiger partial charge is 0.375 e. The average molecular weight is 279 g/mol. The van der Waals surface area contributed by atoms with E-state index in [9.17, 15) is 0 Å². The number of nitrogens with two attached hydrogens (primary N) is 1. The zero-order valence-electron chi connectivity index (χ0n) is 13.5. The zero-order valence-corrected chi connectivity index (χ0v) is 13.5. The van der Waals surface area contributed by atoms with Crippen molar-refractivity contribution in [3.63, 3.8) is 0 Å². The quantitative estimate of drug-likeness (QED) is 0.825. The predicted molar refractivity (Wildman–Crippen MR) is 83.5 cm³/mol. The van der Waals surface area contributed by atoms with Crippen LogP contribution in [-0.2, 0) is 4.74 Å². The normalized spacial score (nSPS) is 40.0. The second kappa shape index (κ2) is 5.61. The molecule has 0 bridgehead atoms. The zero-order chi connectivity index (χ0) is 14.2. The van der Waals surface area contributed by atoms with Crippen LogP contribution >= 0.6 is 0 Å². The molecule has 1 heterocycles. The van der Waals surface area contributed by atoms with Gasteiger partial charge in [0.2, 0.25) is 0 Å². The van der Waals surface area contributed by atoms with Gasteiger partial charge >= 0.3 is 0 Å². The van der Waals surface area contributed by atoms with Crippen LogP contribution in [0.25, 0.3) is 0 Å². The molecule has 2 heteroatoms. The molecule has 116 valence electrons. The molecule has 2 saturated carbocycles. The van der Waals surface area contributed by atoms with Crippen molar-refractivity contribution >= 4 is 0 Å². The van der Waals surface area contributed by atoms with E-state index in [4.69, 9.17) is 10.5 Å². The third kappa shape index (κ3) is 2.92. The molecule has 1 spiro atoms. The maximum absolute atomic E-state index is 6.24. The Morgan fingerprint density at radius 3 is 2.50 bits per heavy atom. The molecule has 20 heavy (non-hydrogen) atoms. The van der Waals surface area contributed by atoms with Gasteiger partial charge in [-0.15, -0.1) is 0 Å². The van der Waals surface area contributed by atoms with Gasteiger partial charge in [0, 0.05) is 6.61 Å². The van der Waals surface area contributed by atoms with E-state index in [0.29, 0.717) is 5.41 Å². The highest BCUT2D eigenvalue weighted by Gasteiger charge is 2.45. The highest BCUT2D eigenvalue weighted by molar-refractivity contribution is 4.96. The second-order valence-corrected chi connectivity index (χ2v) is 8.56. The Morgan fingerprint density at radius 1 is 1.05 bits per heavy atom. The van der Waals surface area contributed by atoms with Gasteiger partial charge in [-0.3, -0.25) is 0 Å². The van der Waals surface area contributed by atoms with Crippen LogP contribution in [0.5, 0.6) is 0 Å². The molecule has 2 N–H and O–H groups in total. The van der Waals surface area contributed by atoms with Crippen molar-refractivity contribution in [3.05, 3.63) is 0 Å². The summed E-state index contributed by atoms with van der Waals surface area (Å²) in [5, 5.41) is 0. The second-order valence-electron chi connectivity index (χ2n) is 8.56. The molecule has 3 atom stereocenters. The fraction of sp³-hybridized carbons (Fsp3) is 1.00. The van der Waals surface area contributed by atoms with Crippen molar-refractivity contribution in [3.8, 4) is 0 Å². The molecule has 0 amide bonds. The topological polar surface area (TPSA) is 35.2 Å². The van der Waals surface area contributed by atoms with Crippen molar-refractivity contribution < 1.29 is 4.74 Å². The molecular formula is C18H33NO. The molecule has 3 fully saturated rings. The molecule has 0 aromatic rings. The van der Waals surface area contributed by atoms with E-state index in [0.717, 1.165) is 30.9 Å². The summed E-state index contributed by atoms with van der Waals surface area (Å²) in [6, 6.07) is 0. The molecule has 0 aromatic heterocycles. The highest BCUT2D eigenvalue weighted by Crippen LogP contribution is 2.51. The molecule has 1 aliphatic heterocycles. The first-order valence-corrected chi connectivity index (χ1v) is 8.88. The lowest BCUT2D eigenvalue weighted by molar-refractivity contribution is -0.113. The van der Waals surface area contributed by atoms with Crippen molar-refractivity contribution in [2.45, 2.75) is 77.2 Å². The van der Waals surface area contributed by atoms with E-state index in [-0.39, 0.29) is 5.60 Å². The van der Waals surface area contributed by atoms with Gasteiger partial charge in [-0.2, -0.15) is 0 Å². The van der Waals surface area contributed by atoms with Gasteiger partial charge in [-0.05, 0) is 74.7 Å². The minimum Gasteiger partial charge on any atom is -0.375 e. The first kappa shape index (κ1) is 14.8. The lowest BCUT2D eigenvalue weighted by Gasteiger charge is -2.48. The van der Waals surface area contributed by atoms with Gasteiger partial charge in [0.05, 0.1) is 5.60 Å². The first-order chi connectivity index (χ1) is 9.54. The molecular weight excluding hydrogens is 246 g/mol. The van der Waals surface area contributed by atoms with Crippen LogP contribution in [0.4, 0.5) is 0 Å². The van der Waals surface area contributed by atoms with E-state index < -0.39 is 0 Å². The number of hydrogen-bond donors (Lipinski definition) is 1. The summed E-state index contributed by atoms with van der Waals surface area (Å²) < 4.78 is 6.24. The van der Waals surface area contributed by atoms with Crippen molar-refractivity contribution in [2.24, 2.45) is 28.9 Å². The summed E-state index contributed by atoms with van der Waals surface area (Å²) in [6.07, 6.45) is 12.1. The van der Waals surface area contributed by atoms with Crippen molar-refractivity contribution in [2.75, 3.05) is 13.2 Å². The average Bonchev–Trinajstić information content (AvgIpc) is 2.86. The van der Waals surface area contributed by atoms with Gasteiger partial charge in [-0.25, -0.2) is 0 Å². The Hall–Kier alpha value is -0.0800. The Labute approximate surface area is 124 Å². The molecule has 2 aliphatic carbocycles.